The van der Waals surface area contributed by atoms with Crippen molar-refractivity contribution in [1.82, 2.24) is 36.4 Å². The van der Waals surface area contributed by atoms with E-state index in [0.29, 0.717) is 32.1 Å². The number of hydrogen-bond acceptors (Lipinski definition) is 10. The van der Waals surface area contributed by atoms with E-state index in [4.69, 9.17) is 5.73 Å². The molecule has 0 spiro atoms. The van der Waals surface area contributed by atoms with Crippen LogP contribution in [0.4, 0.5) is 0 Å². The molecule has 8 amide bonds. The number of benzene rings is 2. The third-order valence-corrected chi connectivity index (χ3v) is 12.5. The summed E-state index contributed by atoms with van der Waals surface area (Å²) in [5, 5.41) is 36.1. The van der Waals surface area contributed by atoms with Gasteiger partial charge in [0, 0.05) is 25.9 Å². The molecule has 18 nitrogen and oxygen atoms in total. The number of nitrogens with zero attached hydrogens (tertiary/aromatic N) is 2. The highest BCUT2D eigenvalue weighted by Gasteiger charge is 2.43. The maximum Gasteiger partial charge on any atom is 0.251 e. The van der Waals surface area contributed by atoms with Gasteiger partial charge >= 0.3 is 0 Å². The maximum absolute atomic E-state index is 14.5. The number of primary amides is 1. The Bertz CT molecular complexity index is 1950. The number of carbonyl (C=O) groups excluding carboxylic acids is 8. The normalized spacial score (nSPS) is 26.5. The molecule has 0 saturated carbocycles. The Morgan fingerprint density at radius 1 is 0.766 bits per heavy atom. The molecule has 64 heavy (non-hydrogen) atoms. The minimum atomic E-state index is -2.03. The number of rotatable bonds is 13. The van der Waals surface area contributed by atoms with Gasteiger partial charge in [-0.2, -0.15) is 0 Å². The van der Waals surface area contributed by atoms with Crippen LogP contribution in [0.15, 0.2) is 60.7 Å². The molecule has 0 aromatic heterocycles. The standard InChI is InChI=1S/C46H64N8O10/c1-3-28(2)39-46(64)54-24-12-20-36(54)44(62)50-33(26-31(55)18-10-17-29-13-6-4-7-14-29)40(58)45(63)49-32(21-22-37(47)56)41(59)48-27-38(57)53-23-11-19-35(53)43(61)51-34(42(60)52-39)25-30-15-8-5-9-16-30/h4-9,13-16,28,31-36,39-40,55,58H,3,10-12,17-27H2,1-2H3,(H2,47,56)(H,48,59)(H,49,63)(H,50,62)(H,51,61)(H,52,60)/t28-,31?,32+,33+,34-,35-,36-,39+,40?/m0/s1. The van der Waals surface area contributed by atoms with Crippen LogP contribution in [0.25, 0.3) is 0 Å². The second kappa shape index (κ2) is 23.7. The van der Waals surface area contributed by atoms with E-state index in [0.717, 1.165) is 11.1 Å². The van der Waals surface area contributed by atoms with Gasteiger partial charge in [0.2, 0.25) is 41.4 Å². The summed E-state index contributed by atoms with van der Waals surface area (Å²) >= 11 is 0. The first-order chi connectivity index (χ1) is 30.7. The Morgan fingerprint density at radius 2 is 1.36 bits per heavy atom. The van der Waals surface area contributed by atoms with Gasteiger partial charge in [-0.1, -0.05) is 80.9 Å². The lowest BCUT2D eigenvalue weighted by molar-refractivity contribution is -0.144. The van der Waals surface area contributed by atoms with Crippen LogP contribution >= 0.6 is 0 Å². The van der Waals surface area contributed by atoms with Crippen LogP contribution in [0.2, 0.25) is 0 Å². The molecule has 5 rings (SSSR count). The average Bonchev–Trinajstić information content (AvgIpc) is 3.99. The van der Waals surface area contributed by atoms with Gasteiger partial charge < -0.3 is 52.3 Å². The van der Waals surface area contributed by atoms with E-state index in [-0.39, 0.29) is 58.0 Å². The van der Waals surface area contributed by atoms with Gasteiger partial charge in [-0.05, 0) is 74.8 Å². The second-order valence-corrected chi connectivity index (χ2v) is 17.2. The minimum absolute atomic E-state index is 0.0610. The number of amides is 8. The number of nitrogens with two attached hydrogens (primary N) is 1. The summed E-state index contributed by atoms with van der Waals surface area (Å²) in [4.78, 5) is 113. The monoisotopic (exact) mass is 888 g/mol. The van der Waals surface area contributed by atoms with Crippen LogP contribution in [0, 0.1) is 5.92 Å². The lowest BCUT2D eigenvalue weighted by atomic mass is 9.95. The van der Waals surface area contributed by atoms with Gasteiger partial charge in [0.25, 0.3) is 5.91 Å². The molecule has 2 aromatic rings. The van der Waals surface area contributed by atoms with Gasteiger partial charge in [-0.3, -0.25) is 38.4 Å². The molecule has 0 aliphatic carbocycles. The fourth-order valence-electron chi connectivity index (χ4n) is 8.61. The molecule has 2 unspecified atom stereocenters. The van der Waals surface area contributed by atoms with E-state index in [1.807, 2.05) is 43.3 Å². The summed E-state index contributed by atoms with van der Waals surface area (Å²) in [6, 6.07) is 11.4. The van der Waals surface area contributed by atoms with Crippen molar-refractivity contribution in [3.63, 3.8) is 0 Å². The van der Waals surface area contributed by atoms with Crippen LogP contribution in [0.1, 0.15) is 89.2 Å². The molecule has 3 heterocycles. The molecule has 2 aromatic carbocycles. The largest absolute Gasteiger partial charge is 0.393 e. The van der Waals surface area contributed by atoms with Crippen molar-refractivity contribution in [2.24, 2.45) is 11.7 Å². The fraction of sp³-hybridized carbons (Fsp3) is 0.565. The molecule has 3 saturated heterocycles. The van der Waals surface area contributed by atoms with E-state index >= 15 is 0 Å². The molecule has 0 radical (unpaired) electrons. The first-order valence-corrected chi connectivity index (χ1v) is 22.5. The van der Waals surface area contributed by atoms with Gasteiger partial charge in [0.05, 0.1) is 18.7 Å². The van der Waals surface area contributed by atoms with Crippen molar-refractivity contribution in [2.45, 2.75) is 139 Å². The van der Waals surface area contributed by atoms with Crippen LogP contribution in [-0.2, 0) is 51.2 Å². The SMILES string of the molecule is CC[C@H](C)[C@H]1NC(=O)[C@H](Cc2ccccc2)NC(=O)[C@@H]2CCCN2C(=O)CNC(=O)[C@@H](CCC(N)=O)NC(=O)C(O)[C@@H](CC(O)CCCc2ccccc2)NC(=O)[C@@H]2CCCN2C1=O. The van der Waals surface area contributed by atoms with Gasteiger partial charge in [-0.15, -0.1) is 0 Å². The number of aryl methyl sites for hydroxylation is 1. The van der Waals surface area contributed by atoms with Crippen molar-refractivity contribution in [3.8, 4) is 0 Å². The number of nitrogens with one attached hydrogen (secondary N) is 5. The lowest BCUT2D eigenvalue weighted by Crippen LogP contribution is -2.61. The predicted octanol–water partition coefficient (Wildman–Crippen LogP) is -0.273. The van der Waals surface area contributed by atoms with E-state index in [2.05, 4.69) is 26.6 Å². The highest BCUT2D eigenvalue weighted by Crippen LogP contribution is 2.24. The molecule has 3 aliphatic heterocycles. The first-order valence-electron chi connectivity index (χ1n) is 22.5. The van der Waals surface area contributed by atoms with Gasteiger partial charge in [-0.25, -0.2) is 0 Å². The smallest absolute Gasteiger partial charge is 0.251 e. The lowest BCUT2D eigenvalue weighted by Gasteiger charge is -2.34. The average molecular weight is 889 g/mol. The first kappa shape index (κ1) is 49.1. The van der Waals surface area contributed by atoms with Gasteiger partial charge in [0.1, 0.15) is 30.2 Å². The minimum Gasteiger partial charge on any atom is -0.393 e. The highest BCUT2D eigenvalue weighted by atomic mass is 16.3. The molecule has 9 N–H and O–H groups in total. The molecule has 9 atom stereocenters. The molecule has 348 valence electrons. The third kappa shape index (κ3) is 13.6. The van der Waals surface area contributed by atoms with Crippen molar-refractivity contribution in [2.75, 3.05) is 19.6 Å². The number of aliphatic hydroxyl groups is 2. The summed E-state index contributed by atoms with van der Waals surface area (Å²) in [6.07, 6.45) is -0.695. The summed E-state index contributed by atoms with van der Waals surface area (Å²) in [5.74, 6) is -6.28. The molecule has 0 bridgehead atoms. The number of fused-ring (bicyclic) bond motifs is 2. The van der Waals surface area contributed by atoms with E-state index in [1.54, 1.807) is 31.2 Å². The van der Waals surface area contributed by atoms with Crippen LogP contribution in [0.5, 0.6) is 0 Å². The van der Waals surface area contributed by atoms with E-state index < -0.39 is 108 Å². The topological polar surface area (TPSA) is 270 Å². The van der Waals surface area contributed by atoms with Crippen molar-refractivity contribution < 1.29 is 48.6 Å². The number of hydrogen-bond donors (Lipinski definition) is 8. The summed E-state index contributed by atoms with van der Waals surface area (Å²) in [6.45, 7) is 3.42. The van der Waals surface area contributed by atoms with E-state index in [1.165, 1.54) is 9.80 Å². The fourth-order valence-corrected chi connectivity index (χ4v) is 8.61. The zero-order valence-corrected chi connectivity index (χ0v) is 36.7. The van der Waals surface area contributed by atoms with Crippen molar-refractivity contribution in [1.29, 1.82) is 0 Å². The molecular formula is C46H64N8O10. The molecular weight excluding hydrogens is 825 g/mol. The maximum atomic E-state index is 14.5. The summed E-state index contributed by atoms with van der Waals surface area (Å²) in [5.41, 5.74) is 7.16. The molecule has 3 fully saturated rings. The second-order valence-electron chi connectivity index (χ2n) is 17.2. The Kier molecular flexibility index (Phi) is 18.2. The summed E-state index contributed by atoms with van der Waals surface area (Å²) in [7, 11) is 0. The van der Waals surface area contributed by atoms with Crippen LogP contribution < -0.4 is 32.3 Å². The quantitative estimate of drug-likeness (QED) is 0.130. The van der Waals surface area contributed by atoms with Crippen LogP contribution in [0.3, 0.4) is 0 Å². The Labute approximate surface area is 373 Å². The zero-order chi connectivity index (χ0) is 46.3. The van der Waals surface area contributed by atoms with E-state index in [9.17, 15) is 48.6 Å². The van der Waals surface area contributed by atoms with Crippen LogP contribution in [-0.4, -0.2) is 135 Å². The van der Waals surface area contributed by atoms with Crippen molar-refractivity contribution >= 4 is 47.3 Å². The number of aliphatic hydroxyl groups excluding tert-OH is 2. The molecule has 3 aliphatic rings. The van der Waals surface area contributed by atoms with Gasteiger partial charge in [0.15, 0.2) is 6.10 Å². The zero-order valence-electron chi connectivity index (χ0n) is 36.7. The number of carbonyl (C=O) groups is 8. The Hall–Kier alpha value is -5.88. The van der Waals surface area contributed by atoms with Crippen molar-refractivity contribution in [3.05, 3.63) is 71.8 Å². The molecule has 18 heteroatoms. The highest BCUT2D eigenvalue weighted by molar-refractivity contribution is 5.97. The predicted molar refractivity (Wildman–Crippen MR) is 234 cm³/mol. The Morgan fingerprint density at radius 3 is 2.00 bits per heavy atom. The third-order valence-electron chi connectivity index (χ3n) is 12.5. The Balaban J connectivity index is 1.47. The summed E-state index contributed by atoms with van der Waals surface area (Å²) < 4.78 is 0.